The molecule has 2 heterocycles. The molecule has 3 aromatic carbocycles. The first-order valence-corrected chi connectivity index (χ1v) is 15.4. The molecule has 0 bridgehead atoms. The predicted octanol–water partition coefficient (Wildman–Crippen LogP) is 4.97. The number of imide groups is 3. The van der Waals surface area contributed by atoms with Crippen LogP contribution in [0.15, 0.2) is 66.7 Å². The molecule has 2 aliphatic heterocycles. The normalized spacial score (nSPS) is 21.0. The zero-order valence-electron chi connectivity index (χ0n) is 26.3. The number of carbonyl (C=O) groups is 5. The Hall–Kier alpha value is -4.58. The van der Waals surface area contributed by atoms with E-state index in [4.69, 9.17) is 21.1 Å². The summed E-state index contributed by atoms with van der Waals surface area (Å²) >= 11 is 6.46. The van der Waals surface area contributed by atoms with Crippen molar-refractivity contribution in [3.63, 3.8) is 0 Å². The molecule has 5 rings (SSSR count). The highest BCUT2D eigenvalue weighted by molar-refractivity contribution is 6.34. The van der Waals surface area contributed by atoms with Crippen LogP contribution in [0.4, 0.5) is 16.2 Å². The van der Waals surface area contributed by atoms with Gasteiger partial charge < -0.3 is 19.7 Å². The van der Waals surface area contributed by atoms with E-state index in [0.717, 1.165) is 21.6 Å². The summed E-state index contributed by atoms with van der Waals surface area (Å²) in [6.07, 6.45) is -1.71. The molecule has 0 radical (unpaired) electrons. The smallest absolute Gasteiger partial charge is 0.438 e. The Morgan fingerprint density at radius 2 is 1.72 bits per heavy atom. The van der Waals surface area contributed by atoms with Crippen LogP contribution in [0.5, 0.6) is 5.75 Å². The Morgan fingerprint density at radius 1 is 1.00 bits per heavy atom. The highest BCUT2D eigenvalue weighted by atomic mass is 35.5. The number of rotatable bonds is 11. The number of nitrogens with one attached hydrogen (secondary N) is 1. The topological polar surface area (TPSA) is 122 Å². The van der Waals surface area contributed by atoms with Gasteiger partial charge in [-0.05, 0) is 62.6 Å². The van der Waals surface area contributed by atoms with E-state index in [-0.39, 0.29) is 23.9 Å². The number of hydrogen-bond acceptors (Lipinski definition) is 7. The minimum atomic E-state index is -1.58. The number of aryl methyl sites for hydroxylation is 2. The first-order valence-electron chi connectivity index (χ1n) is 15.0. The summed E-state index contributed by atoms with van der Waals surface area (Å²) < 4.78 is 10.3. The second-order valence-corrected chi connectivity index (χ2v) is 11.7. The number of hydrogen-bond donors (Lipinski definition) is 1. The number of halogens is 1. The zero-order chi connectivity index (χ0) is 33.3. The lowest BCUT2D eigenvalue weighted by Crippen LogP contribution is -2.43. The molecule has 4 atom stereocenters. The van der Waals surface area contributed by atoms with Crippen molar-refractivity contribution in [2.24, 2.45) is 0 Å². The van der Waals surface area contributed by atoms with Gasteiger partial charge in [0.2, 0.25) is 0 Å². The van der Waals surface area contributed by atoms with Crippen molar-refractivity contribution in [2.75, 3.05) is 23.9 Å². The summed E-state index contributed by atoms with van der Waals surface area (Å²) in [6.45, 7) is 7.53. The number of quaternary nitrogens is 1. The van der Waals surface area contributed by atoms with Gasteiger partial charge in [0.25, 0.3) is 12.1 Å². The maximum absolute atomic E-state index is 13.8. The number of benzene rings is 3. The highest BCUT2D eigenvalue weighted by Gasteiger charge is 2.87. The third kappa shape index (κ3) is 5.77. The van der Waals surface area contributed by atoms with E-state index in [2.05, 4.69) is 5.32 Å². The number of likely N-dealkylation sites (N-methyl/N-ethyl adjacent to an activating group) is 1. The zero-order valence-corrected chi connectivity index (χ0v) is 27.0. The van der Waals surface area contributed by atoms with E-state index in [9.17, 15) is 24.0 Å². The molecular weight excluding hydrogens is 612 g/mol. The molecule has 46 heavy (non-hydrogen) atoms. The molecule has 2 saturated heterocycles. The monoisotopic (exact) mass is 647 g/mol. The fourth-order valence-corrected chi connectivity index (χ4v) is 5.96. The van der Waals surface area contributed by atoms with Crippen LogP contribution in [0.25, 0.3) is 0 Å². The average Bonchev–Trinajstić information content (AvgIpc) is 3.61. The van der Waals surface area contributed by atoms with Crippen LogP contribution in [-0.4, -0.2) is 71.1 Å². The lowest BCUT2D eigenvalue weighted by atomic mass is 10.1. The summed E-state index contributed by atoms with van der Waals surface area (Å²) in [5, 5.41) is 2.96. The Bertz CT molecular complexity index is 1710. The molecule has 0 saturated carbocycles. The number of ether oxygens (including phenoxy) is 2. The fourth-order valence-electron chi connectivity index (χ4n) is 5.71. The molecule has 2 fully saturated rings. The van der Waals surface area contributed by atoms with Gasteiger partial charge >= 0.3 is 29.8 Å². The first-order chi connectivity index (χ1) is 21.9. The quantitative estimate of drug-likeness (QED) is 0.103. The van der Waals surface area contributed by atoms with Crippen molar-refractivity contribution in [2.45, 2.75) is 59.0 Å². The number of nitrogens with zero attached hydrogens (tertiary/aromatic N) is 3. The Morgan fingerprint density at radius 3 is 2.37 bits per heavy atom. The minimum absolute atomic E-state index is 0.0274. The highest BCUT2D eigenvalue weighted by Crippen LogP contribution is 2.45. The Kier molecular flexibility index (Phi) is 9.29. The lowest BCUT2D eigenvalue weighted by molar-refractivity contribution is -0.597. The molecule has 11 nitrogen and oxygen atoms in total. The maximum atomic E-state index is 13.8. The van der Waals surface area contributed by atoms with E-state index in [1.54, 1.807) is 37.3 Å². The second kappa shape index (κ2) is 13.0. The van der Waals surface area contributed by atoms with E-state index in [1.807, 2.05) is 45.0 Å². The van der Waals surface area contributed by atoms with E-state index in [0.29, 0.717) is 17.9 Å². The largest absolute Gasteiger partial charge is 0.480 e. The van der Waals surface area contributed by atoms with E-state index in [1.165, 1.54) is 24.1 Å². The first kappa shape index (κ1) is 32.8. The van der Waals surface area contributed by atoms with Crippen LogP contribution in [0.1, 0.15) is 37.0 Å². The Balaban J connectivity index is 1.34. The van der Waals surface area contributed by atoms with Gasteiger partial charge in [-0.3, -0.25) is 9.59 Å². The minimum Gasteiger partial charge on any atom is -0.480 e. The molecule has 6 amide bonds. The van der Waals surface area contributed by atoms with Crippen molar-refractivity contribution in [3.05, 3.63) is 88.4 Å². The lowest BCUT2D eigenvalue weighted by Gasteiger charge is -2.21. The van der Waals surface area contributed by atoms with Crippen LogP contribution in [-0.2, 0) is 30.5 Å². The molecule has 0 aliphatic carbocycles. The van der Waals surface area contributed by atoms with Crippen LogP contribution >= 0.6 is 11.6 Å². The number of urea groups is 1. The van der Waals surface area contributed by atoms with Gasteiger partial charge in [0, 0.05) is 19.3 Å². The molecule has 2 aliphatic rings. The molecule has 1 N–H and O–H groups in total. The van der Waals surface area contributed by atoms with Gasteiger partial charge in [-0.15, -0.1) is 0 Å². The fraction of sp³-hybridized carbons (Fsp3) is 0.324. The predicted molar refractivity (Wildman–Crippen MR) is 171 cm³/mol. The standard InChI is InChI=1S/C34H35ClN4O7/c1-6-26(46-27-16-13-20(3)17-21(27)4)29(40)36-23-14-15-24(35)25(18-23)37(5)30(41)28-32(42)39(28)33(43)31(45-7-2)38(34(39)44)19-22-11-9-8-10-12-22/h8-18,26,28,31H,6-7,19H2,1-5H3/p+1. The van der Waals surface area contributed by atoms with E-state index < -0.39 is 52.5 Å². The average molecular weight is 648 g/mol. The van der Waals surface area contributed by atoms with E-state index >= 15 is 0 Å². The third-order valence-corrected chi connectivity index (χ3v) is 8.53. The SMILES string of the molecule is CCOC1C(=O)[N+]2(C(=O)C2C(=O)N(C)c2cc(NC(=O)C(CC)Oc3ccc(C)cc3C)ccc2Cl)C(=O)N1Cc1ccccc1. The van der Waals surface area contributed by atoms with Gasteiger partial charge in [0.15, 0.2) is 6.10 Å². The summed E-state index contributed by atoms with van der Waals surface area (Å²) in [5.74, 6) is -2.23. The van der Waals surface area contributed by atoms with Crippen molar-refractivity contribution in [1.82, 2.24) is 4.90 Å². The number of anilines is 2. The van der Waals surface area contributed by atoms with Crippen LogP contribution in [0, 0.1) is 13.8 Å². The molecule has 4 unspecified atom stereocenters. The van der Waals surface area contributed by atoms with Crippen molar-refractivity contribution >= 4 is 52.6 Å². The number of carbonyl (C=O) groups excluding carboxylic acids is 5. The molecule has 3 aromatic rings. The molecule has 0 aromatic heterocycles. The van der Waals surface area contributed by atoms with Crippen molar-refractivity contribution < 1.29 is 37.9 Å². The van der Waals surface area contributed by atoms with Crippen molar-refractivity contribution in [1.29, 1.82) is 0 Å². The van der Waals surface area contributed by atoms with Crippen LogP contribution < -0.4 is 15.0 Å². The van der Waals surface area contributed by atoms with Crippen LogP contribution in [0.3, 0.4) is 0 Å². The maximum Gasteiger partial charge on any atom is 0.438 e. The van der Waals surface area contributed by atoms with Gasteiger partial charge in [-0.1, -0.05) is 71.0 Å². The van der Waals surface area contributed by atoms with Crippen LogP contribution in [0.2, 0.25) is 5.02 Å². The summed E-state index contributed by atoms with van der Waals surface area (Å²) in [6, 6.07) is 16.8. The third-order valence-electron chi connectivity index (χ3n) is 8.21. The van der Waals surface area contributed by atoms with Crippen molar-refractivity contribution in [3.8, 4) is 5.75 Å². The summed E-state index contributed by atoms with van der Waals surface area (Å²) in [5.41, 5.74) is 3.22. The van der Waals surface area contributed by atoms with Gasteiger partial charge in [-0.25, -0.2) is 19.3 Å². The second-order valence-electron chi connectivity index (χ2n) is 11.3. The summed E-state index contributed by atoms with van der Waals surface area (Å²) in [7, 11) is 1.39. The van der Waals surface area contributed by atoms with Gasteiger partial charge in [0.05, 0.1) is 17.3 Å². The Labute approximate surface area is 272 Å². The van der Waals surface area contributed by atoms with Gasteiger partial charge in [0.1, 0.15) is 5.75 Å². The number of amides is 6. The molecule has 12 heteroatoms. The molecule has 240 valence electrons. The molecule has 1 spiro atoms. The summed E-state index contributed by atoms with van der Waals surface area (Å²) in [4.78, 5) is 69.8. The van der Waals surface area contributed by atoms with Gasteiger partial charge in [-0.2, -0.15) is 0 Å². The molecular formula is C34H36ClN4O7+.